The van der Waals surface area contributed by atoms with E-state index in [1.165, 1.54) is 0 Å². The summed E-state index contributed by atoms with van der Waals surface area (Å²) in [6, 6.07) is 9.27. The number of carbonyl (C=O) groups excluding carboxylic acids is 11. The van der Waals surface area contributed by atoms with Crippen molar-refractivity contribution in [3.8, 4) is 0 Å². The molecule has 0 bridgehead atoms. The second-order valence-electron chi connectivity index (χ2n) is 25.6. The molecule has 8 aliphatic heterocycles. The van der Waals surface area contributed by atoms with Crippen molar-refractivity contribution >= 4 is 77.1 Å². The van der Waals surface area contributed by atoms with E-state index in [4.69, 9.17) is 9.47 Å². The Bertz CT molecular complexity index is 2930. The number of nitrogens with zero attached hydrogens (tertiary/aromatic N) is 9. The maximum Gasteiger partial charge on any atom is 0.410 e. The van der Waals surface area contributed by atoms with Gasteiger partial charge >= 0.3 is 12.2 Å². The Morgan fingerprint density at radius 2 is 0.943 bits per heavy atom. The minimum absolute atomic E-state index is 0.102. The molecule has 10 rings (SSSR count). The molecule has 25 heteroatoms. The number of imide groups is 4. The number of ether oxygens (including phenoxy) is 2. The predicted molar refractivity (Wildman–Crippen MR) is 322 cm³/mol. The van der Waals surface area contributed by atoms with Gasteiger partial charge in [0.25, 0.3) is 23.6 Å². The Kier molecular flexibility index (Phi) is 21.6. The highest BCUT2D eigenvalue weighted by atomic mass is 16.6. The third-order valence-electron chi connectivity index (χ3n) is 16.8. The van der Waals surface area contributed by atoms with Crippen LogP contribution in [0.3, 0.4) is 0 Å². The Balaban J connectivity index is 0.000000188. The zero-order valence-electron chi connectivity index (χ0n) is 51.9. The standard InChI is InChI=1S/C31H44N6O6.C17H18N4O4.C14H26N2O3/c1-21-20-36(30(42)43-31(2,3)4)18-17-34(21)12-6-5-11-33-13-15-35(16-14-33)22-7-8-23-24(19-22)29(41)37(28(23)40)25-9-10-26(38)32-27(25)39;22-14-4-3-13(15(23)19-14)21-16(24)11-2-1-10(9-12(11)17(21)25)20-7-5-18-6-8-20;1-12-11-16(13(18)19-14(2,3)4)9-8-15(12)7-5-6-10-17/h7-8,19,21,25H,5-6,9-18,20H2,1-4H3,(H,32,38,39);1-2,9,13,18H,3-8H2,(H,19,22,23);10,12H,5-9,11H2,1-4H3/t21-,25?;;12-/m0.0/s1. The Hall–Kier alpha value is -7.35. The Morgan fingerprint density at radius 3 is 1.36 bits per heavy atom. The van der Waals surface area contributed by atoms with Crippen molar-refractivity contribution < 1.29 is 62.2 Å². The number of piperazine rings is 4. The first-order chi connectivity index (χ1) is 41.3. The molecule has 2 unspecified atom stereocenters. The van der Waals surface area contributed by atoms with Crippen LogP contribution in [0.5, 0.6) is 0 Å². The molecule has 6 saturated heterocycles. The zero-order chi connectivity index (χ0) is 62.9. The highest BCUT2D eigenvalue weighted by molar-refractivity contribution is 6.24. The molecule has 0 spiro atoms. The average molecular weight is 1210 g/mol. The van der Waals surface area contributed by atoms with E-state index in [9.17, 15) is 52.7 Å². The summed E-state index contributed by atoms with van der Waals surface area (Å²) < 4.78 is 10.9. The van der Waals surface area contributed by atoms with Crippen molar-refractivity contribution in [2.24, 2.45) is 0 Å². The van der Waals surface area contributed by atoms with Crippen molar-refractivity contribution in [3.05, 3.63) is 58.7 Å². The number of piperidine rings is 2. The third kappa shape index (κ3) is 16.6. The number of unbranched alkanes of at least 4 members (excludes halogenated alkanes) is 2. The van der Waals surface area contributed by atoms with Gasteiger partial charge in [-0.3, -0.25) is 73.5 Å². The molecule has 8 aliphatic rings. The van der Waals surface area contributed by atoms with E-state index in [0.29, 0.717) is 66.9 Å². The summed E-state index contributed by atoms with van der Waals surface area (Å²) in [5.41, 5.74) is 2.12. The van der Waals surface area contributed by atoms with Gasteiger partial charge in [0.05, 0.1) is 22.3 Å². The maximum atomic E-state index is 13.2. The number of fused-ring (bicyclic) bond motifs is 2. The van der Waals surface area contributed by atoms with E-state index < -0.39 is 58.7 Å². The minimum atomic E-state index is -0.956. The van der Waals surface area contributed by atoms with Gasteiger partial charge < -0.3 is 39.2 Å². The quantitative estimate of drug-likeness (QED) is 0.147. The van der Waals surface area contributed by atoms with Crippen LogP contribution in [-0.4, -0.2) is 247 Å². The zero-order valence-corrected chi connectivity index (χ0v) is 51.9. The van der Waals surface area contributed by atoms with E-state index in [1.54, 1.807) is 29.2 Å². The fourth-order valence-electron chi connectivity index (χ4n) is 12.1. The summed E-state index contributed by atoms with van der Waals surface area (Å²) in [4.78, 5) is 151. The summed E-state index contributed by atoms with van der Waals surface area (Å²) in [6.45, 7) is 29.9. The molecule has 2 aromatic carbocycles. The normalized spacial score (nSPS) is 23.3. The lowest BCUT2D eigenvalue weighted by Gasteiger charge is -2.40. The second kappa shape index (κ2) is 28.7. The lowest BCUT2D eigenvalue weighted by atomic mass is 10.0. The molecule has 0 aromatic heterocycles. The second-order valence-corrected chi connectivity index (χ2v) is 25.6. The van der Waals surface area contributed by atoms with Crippen molar-refractivity contribution in [2.75, 3.05) is 121 Å². The molecule has 474 valence electrons. The van der Waals surface area contributed by atoms with Crippen LogP contribution < -0.4 is 25.8 Å². The number of carbonyl (C=O) groups is 11. The summed E-state index contributed by atoms with van der Waals surface area (Å²) in [5.74, 6) is -3.85. The Labute approximate surface area is 509 Å². The Morgan fingerprint density at radius 1 is 0.529 bits per heavy atom. The van der Waals surface area contributed by atoms with Gasteiger partial charge in [0, 0.05) is 134 Å². The van der Waals surface area contributed by atoms with E-state index in [0.717, 1.165) is 132 Å². The van der Waals surface area contributed by atoms with Gasteiger partial charge in [-0.1, -0.05) is 0 Å². The van der Waals surface area contributed by atoms with Gasteiger partial charge in [-0.15, -0.1) is 0 Å². The van der Waals surface area contributed by atoms with Crippen LogP contribution in [0.15, 0.2) is 36.4 Å². The first-order valence-corrected chi connectivity index (χ1v) is 30.8. The smallest absolute Gasteiger partial charge is 0.410 e. The van der Waals surface area contributed by atoms with Crippen LogP contribution in [0.4, 0.5) is 21.0 Å². The highest BCUT2D eigenvalue weighted by Gasteiger charge is 2.47. The van der Waals surface area contributed by atoms with Crippen LogP contribution in [-0.2, 0) is 33.4 Å². The number of nitrogens with one attached hydrogen (secondary N) is 3. The molecule has 10 amide bonds. The SMILES string of the molecule is C[C@H]1CN(C(=O)OC(C)(C)C)CCN1CCCC=O.C[C@H]1CN(C(=O)OC(C)(C)C)CCN1CCCCN1CCN(c2ccc3c(c2)C(=O)N(C2CCC(=O)NC2=O)C3=O)CC1.O=C1CCC(N2C(=O)c3ccc(N4CCNCC4)cc3C2=O)C(=O)N1. The van der Waals surface area contributed by atoms with Crippen LogP contribution in [0.25, 0.3) is 0 Å². The van der Waals surface area contributed by atoms with Gasteiger partial charge in [0.2, 0.25) is 23.6 Å². The molecule has 4 atom stereocenters. The largest absolute Gasteiger partial charge is 0.444 e. The molecule has 25 nitrogen and oxygen atoms in total. The third-order valence-corrected chi connectivity index (χ3v) is 16.8. The van der Waals surface area contributed by atoms with Gasteiger partial charge in [0.1, 0.15) is 29.6 Å². The fourth-order valence-corrected chi connectivity index (χ4v) is 12.1. The van der Waals surface area contributed by atoms with E-state index in [-0.39, 0.29) is 49.7 Å². The minimum Gasteiger partial charge on any atom is -0.444 e. The number of anilines is 2. The van der Waals surface area contributed by atoms with E-state index in [2.05, 4.69) is 54.3 Å². The van der Waals surface area contributed by atoms with Crippen molar-refractivity contribution in [1.29, 1.82) is 0 Å². The molecular weight excluding hydrogens is 1120 g/mol. The molecule has 0 aliphatic carbocycles. The molecule has 6 fully saturated rings. The molecule has 8 heterocycles. The molecule has 87 heavy (non-hydrogen) atoms. The lowest BCUT2D eigenvalue weighted by Crippen LogP contribution is -2.54. The topological polar surface area (TPSA) is 271 Å². The number of rotatable bonds is 13. The van der Waals surface area contributed by atoms with Crippen LogP contribution in [0.1, 0.15) is 148 Å². The van der Waals surface area contributed by atoms with E-state index in [1.807, 2.05) is 58.6 Å². The number of benzene rings is 2. The molecule has 3 N–H and O–H groups in total. The number of aldehydes is 1. The summed E-state index contributed by atoms with van der Waals surface area (Å²) in [6.07, 6.45) is 4.74. The van der Waals surface area contributed by atoms with Crippen molar-refractivity contribution in [2.45, 2.75) is 142 Å². The molecular formula is C62H88N12O13. The number of amides is 10. The highest BCUT2D eigenvalue weighted by Crippen LogP contribution is 2.33. The van der Waals surface area contributed by atoms with Crippen LogP contribution in [0, 0.1) is 0 Å². The van der Waals surface area contributed by atoms with Crippen LogP contribution >= 0.6 is 0 Å². The van der Waals surface area contributed by atoms with Gasteiger partial charge in [0.15, 0.2) is 0 Å². The lowest BCUT2D eigenvalue weighted by molar-refractivity contribution is -0.137. The van der Waals surface area contributed by atoms with Gasteiger partial charge in [-0.05, 0) is 144 Å². The predicted octanol–water partition coefficient (Wildman–Crippen LogP) is 3.34. The molecule has 2 aromatic rings. The molecule has 0 radical (unpaired) electrons. The average Bonchev–Trinajstić information content (AvgIpc) is 1.90. The molecule has 0 saturated carbocycles. The summed E-state index contributed by atoms with van der Waals surface area (Å²) in [5, 5.41) is 7.70. The summed E-state index contributed by atoms with van der Waals surface area (Å²) in [7, 11) is 0. The maximum absolute atomic E-state index is 13.2. The van der Waals surface area contributed by atoms with Crippen molar-refractivity contribution in [3.63, 3.8) is 0 Å². The van der Waals surface area contributed by atoms with E-state index >= 15 is 0 Å². The first-order valence-electron chi connectivity index (χ1n) is 30.8. The fraction of sp³-hybridized carbons (Fsp3) is 0.629. The first kappa shape index (κ1) is 65.6. The van der Waals surface area contributed by atoms with Crippen LogP contribution in [0.2, 0.25) is 0 Å². The number of hydrogen-bond donors (Lipinski definition) is 3. The number of hydrogen-bond acceptors (Lipinski definition) is 19. The summed E-state index contributed by atoms with van der Waals surface area (Å²) >= 11 is 0. The van der Waals surface area contributed by atoms with Gasteiger partial charge in [-0.25, -0.2) is 9.59 Å². The van der Waals surface area contributed by atoms with Gasteiger partial charge in [-0.2, -0.15) is 0 Å². The monoisotopic (exact) mass is 1210 g/mol. The van der Waals surface area contributed by atoms with Crippen molar-refractivity contribution in [1.82, 2.24) is 50.2 Å².